The Morgan fingerprint density at radius 3 is 2.45 bits per heavy atom. The van der Waals surface area contributed by atoms with Gasteiger partial charge in [0.05, 0.1) is 5.69 Å². The van der Waals surface area contributed by atoms with Gasteiger partial charge in [0.25, 0.3) is 5.91 Å². The van der Waals surface area contributed by atoms with Crippen molar-refractivity contribution in [3.63, 3.8) is 0 Å². The van der Waals surface area contributed by atoms with Gasteiger partial charge in [0.2, 0.25) is 5.82 Å². The van der Waals surface area contributed by atoms with Crippen molar-refractivity contribution in [2.75, 3.05) is 5.32 Å². The molecular formula is C16H13FN4O. The highest BCUT2D eigenvalue weighted by Gasteiger charge is 2.12. The first-order chi connectivity index (χ1) is 10.6. The van der Waals surface area contributed by atoms with Crippen molar-refractivity contribution in [1.29, 1.82) is 0 Å². The van der Waals surface area contributed by atoms with E-state index in [-0.39, 0.29) is 11.6 Å². The quantitative estimate of drug-likeness (QED) is 0.808. The zero-order valence-corrected chi connectivity index (χ0v) is 11.8. The summed E-state index contributed by atoms with van der Waals surface area (Å²) in [6, 6.07) is 13.2. The van der Waals surface area contributed by atoms with Crippen LogP contribution in [0.2, 0.25) is 0 Å². The SMILES string of the molecule is Cc1ccc(-n2cnc(C(=O)Nc3ccc(F)cc3)n2)cc1. The number of nitrogens with one attached hydrogen (secondary N) is 1. The van der Waals surface area contributed by atoms with Crippen LogP contribution in [0.25, 0.3) is 5.69 Å². The number of aromatic nitrogens is 3. The summed E-state index contributed by atoms with van der Waals surface area (Å²) < 4.78 is 14.4. The number of aryl methyl sites for hydroxylation is 1. The molecule has 0 aliphatic rings. The average molecular weight is 296 g/mol. The van der Waals surface area contributed by atoms with Gasteiger partial charge >= 0.3 is 0 Å². The van der Waals surface area contributed by atoms with Gasteiger partial charge in [-0.15, -0.1) is 5.10 Å². The molecule has 22 heavy (non-hydrogen) atoms. The van der Waals surface area contributed by atoms with Crippen molar-refractivity contribution in [3.05, 3.63) is 72.1 Å². The lowest BCUT2D eigenvalue weighted by atomic mass is 10.2. The summed E-state index contributed by atoms with van der Waals surface area (Å²) in [7, 11) is 0. The molecule has 0 spiro atoms. The van der Waals surface area contributed by atoms with Crippen LogP contribution in [0.4, 0.5) is 10.1 Å². The maximum atomic E-state index is 12.8. The van der Waals surface area contributed by atoms with Crippen LogP contribution in [0.1, 0.15) is 16.2 Å². The lowest BCUT2D eigenvalue weighted by Gasteiger charge is -2.02. The van der Waals surface area contributed by atoms with Crippen LogP contribution in [0, 0.1) is 12.7 Å². The Bertz CT molecular complexity index is 794. The number of halogens is 1. The first-order valence-electron chi connectivity index (χ1n) is 6.67. The van der Waals surface area contributed by atoms with E-state index in [1.807, 2.05) is 31.2 Å². The highest BCUT2D eigenvalue weighted by molar-refractivity contribution is 6.01. The number of carbonyl (C=O) groups is 1. The topological polar surface area (TPSA) is 59.8 Å². The number of benzene rings is 2. The molecule has 6 heteroatoms. The van der Waals surface area contributed by atoms with E-state index in [2.05, 4.69) is 15.4 Å². The summed E-state index contributed by atoms with van der Waals surface area (Å²) in [5.74, 6) is -0.762. The standard InChI is InChI=1S/C16H13FN4O/c1-11-2-8-14(9-3-11)21-10-18-15(20-21)16(22)19-13-6-4-12(17)5-7-13/h2-10H,1H3,(H,19,22). The van der Waals surface area contributed by atoms with Crippen LogP contribution in [0.15, 0.2) is 54.9 Å². The molecule has 3 rings (SSSR count). The van der Waals surface area contributed by atoms with Gasteiger partial charge in [0.15, 0.2) is 0 Å². The van der Waals surface area contributed by atoms with Gasteiger partial charge in [0, 0.05) is 5.69 Å². The number of rotatable bonds is 3. The third kappa shape index (κ3) is 3.01. The minimum atomic E-state index is -0.447. The third-order valence-electron chi connectivity index (χ3n) is 3.10. The molecule has 0 aliphatic carbocycles. The van der Waals surface area contributed by atoms with E-state index in [0.29, 0.717) is 5.69 Å². The predicted octanol–water partition coefficient (Wildman–Crippen LogP) is 2.97. The van der Waals surface area contributed by atoms with Crippen LogP contribution in [0.5, 0.6) is 0 Å². The van der Waals surface area contributed by atoms with Gasteiger partial charge in [-0.2, -0.15) is 0 Å². The molecule has 0 saturated heterocycles. The van der Waals surface area contributed by atoms with Crippen molar-refractivity contribution in [3.8, 4) is 5.69 Å². The Morgan fingerprint density at radius 2 is 1.77 bits per heavy atom. The van der Waals surface area contributed by atoms with E-state index in [0.717, 1.165) is 11.3 Å². The molecule has 0 aliphatic heterocycles. The number of nitrogens with zero attached hydrogens (tertiary/aromatic N) is 3. The van der Waals surface area contributed by atoms with E-state index in [9.17, 15) is 9.18 Å². The molecule has 0 atom stereocenters. The van der Waals surface area contributed by atoms with Crippen LogP contribution in [-0.4, -0.2) is 20.7 Å². The number of amides is 1. The number of carbonyl (C=O) groups excluding carboxylic acids is 1. The average Bonchev–Trinajstić information content (AvgIpc) is 3.00. The number of hydrogen-bond donors (Lipinski definition) is 1. The molecule has 0 bridgehead atoms. The molecule has 0 fully saturated rings. The van der Waals surface area contributed by atoms with Crippen LogP contribution in [-0.2, 0) is 0 Å². The smallest absolute Gasteiger partial charge is 0.295 e. The number of hydrogen-bond acceptors (Lipinski definition) is 3. The minimum absolute atomic E-state index is 0.0462. The van der Waals surface area contributed by atoms with Gasteiger partial charge in [0.1, 0.15) is 12.1 Å². The summed E-state index contributed by atoms with van der Waals surface area (Å²) >= 11 is 0. The van der Waals surface area contributed by atoms with Crippen molar-refractivity contribution in [2.45, 2.75) is 6.92 Å². The van der Waals surface area contributed by atoms with Crippen molar-refractivity contribution >= 4 is 11.6 Å². The van der Waals surface area contributed by atoms with Gasteiger partial charge in [-0.05, 0) is 43.3 Å². The highest BCUT2D eigenvalue weighted by Crippen LogP contribution is 2.11. The normalized spacial score (nSPS) is 10.5. The molecule has 0 saturated carbocycles. The summed E-state index contributed by atoms with van der Waals surface area (Å²) in [6.45, 7) is 1.99. The Labute approximate surface area is 126 Å². The van der Waals surface area contributed by atoms with Crippen LogP contribution < -0.4 is 5.32 Å². The van der Waals surface area contributed by atoms with Gasteiger partial charge < -0.3 is 5.32 Å². The number of anilines is 1. The molecule has 1 amide bonds. The van der Waals surface area contributed by atoms with E-state index in [1.54, 1.807) is 0 Å². The van der Waals surface area contributed by atoms with Crippen LogP contribution >= 0.6 is 0 Å². The third-order valence-corrected chi connectivity index (χ3v) is 3.10. The Kier molecular flexibility index (Phi) is 3.65. The molecule has 5 nitrogen and oxygen atoms in total. The fourth-order valence-corrected chi connectivity index (χ4v) is 1.91. The van der Waals surface area contributed by atoms with Crippen molar-refractivity contribution in [2.24, 2.45) is 0 Å². The first kappa shape index (κ1) is 13.9. The zero-order valence-electron chi connectivity index (χ0n) is 11.8. The highest BCUT2D eigenvalue weighted by atomic mass is 19.1. The molecule has 0 unspecified atom stereocenters. The monoisotopic (exact) mass is 296 g/mol. The Hall–Kier alpha value is -3.02. The summed E-state index contributed by atoms with van der Waals surface area (Å²) in [6.07, 6.45) is 1.48. The fraction of sp³-hybridized carbons (Fsp3) is 0.0625. The first-order valence-corrected chi connectivity index (χ1v) is 6.67. The van der Waals surface area contributed by atoms with Gasteiger partial charge in [-0.3, -0.25) is 4.79 Å². The molecular weight excluding hydrogens is 283 g/mol. The molecule has 0 radical (unpaired) electrons. The second-order valence-corrected chi connectivity index (χ2v) is 4.81. The summed E-state index contributed by atoms with van der Waals surface area (Å²) in [4.78, 5) is 16.0. The van der Waals surface area contributed by atoms with Crippen molar-refractivity contribution in [1.82, 2.24) is 14.8 Å². The molecule has 110 valence electrons. The predicted molar refractivity (Wildman–Crippen MR) is 80.4 cm³/mol. The largest absolute Gasteiger partial charge is 0.319 e. The van der Waals surface area contributed by atoms with E-state index >= 15 is 0 Å². The maximum absolute atomic E-state index is 12.8. The Balaban J connectivity index is 1.76. The maximum Gasteiger partial charge on any atom is 0.295 e. The molecule has 3 aromatic rings. The Morgan fingerprint density at radius 1 is 1.09 bits per heavy atom. The molecule has 1 N–H and O–H groups in total. The molecule has 2 aromatic carbocycles. The van der Waals surface area contributed by atoms with Gasteiger partial charge in [-0.25, -0.2) is 14.1 Å². The minimum Gasteiger partial charge on any atom is -0.319 e. The molecule has 1 heterocycles. The molecule has 1 aromatic heterocycles. The van der Waals surface area contributed by atoms with E-state index in [1.165, 1.54) is 35.3 Å². The lowest BCUT2D eigenvalue weighted by molar-refractivity contribution is 0.101. The summed E-state index contributed by atoms with van der Waals surface area (Å²) in [5, 5.41) is 6.76. The zero-order chi connectivity index (χ0) is 15.5. The lowest BCUT2D eigenvalue weighted by Crippen LogP contribution is -2.14. The van der Waals surface area contributed by atoms with E-state index < -0.39 is 5.91 Å². The van der Waals surface area contributed by atoms with Gasteiger partial charge in [-0.1, -0.05) is 17.7 Å². The fourth-order valence-electron chi connectivity index (χ4n) is 1.91. The summed E-state index contributed by atoms with van der Waals surface area (Å²) in [5.41, 5.74) is 2.44. The van der Waals surface area contributed by atoms with E-state index in [4.69, 9.17) is 0 Å². The second-order valence-electron chi connectivity index (χ2n) is 4.81. The second kappa shape index (κ2) is 5.77. The van der Waals surface area contributed by atoms with Crippen LogP contribution in [0.3, 0.4) is 0 Å². The van der Waals surface area contributed by atoms with Crippen molar-refractivity contribution < 1.29 is 9.18 Å².